The van der Waals surface area contributed by atoms with Crippen LogP contribution >= 0.6 is 0 Å². The molecule has 0 bridgehead atoms. The van der Waals surface area contributed by atoms with Crippen LogP contribution in [0.1, 0.15) is 16.7 Å². The van der Waals surface area contributed by atoms with Crippen LogP contribution in [0.25, 0.3) is 0 Å². The highest BCUT2D eigenvalue weighted by Gasteiger charge is 2.12. The van der Waals surface area contributed by atoms with E-state index in [1.165, 1.54) is 16.8 Å². The molecule has 0 aliphatic heterocycles. The van der Waals surface area contributed by atoms with E-state index >= 15 is 0 Å². The molecule has 3 rings (SSSR count). The Morgan fingerprint density at radius 2 is 1.65 bits per heavy atom. The summed E-state index contributed by atoms with van der Waals surface area (Å²) in [6, 6.07) is 16.1. The number of hydrogen-bond acceptors (Lipinski definition) is 4. The summed E-state index contributed by atoms with van der Waals surface area (Å²) in [6.45, 7) is 3.37. The molecule has 160 valence electrons. The number of carbonyl (C=O) groups excluding carboxylic acids is 2. The number of nitrogens with zero attached hydrogens (tertiary/aromatic N) is 2. The van der Waals surface area contributed by atoms with Gasteiger partial charge in [0.05, 0.1) is 13.1 Å². The minimum atomic E-state index is -0.604. The molecule has 2 amide bonds. The minimum Gasteiger partial charge on any atom is -0.345 e. The fourth-order valence-corrected chi connectivity index (χ4v) is 3.06. The van der Waals surface area contributed by atoms with E-state index in [0.29, 0.717) is 5.69 Å². The Morgan fingerprint density at radius 3 is 2.39 bits per heavy atom. The molecule has 2 N–H and O–H groups in total. The Balaban J connectivity index is 1.63. The Hall–Kier alpha value is -3.94. The van der Waals surface area contributed by atoms with E-state index in [2.05, 4.69) is 10.6 Å². The molecular weight excluding hydrogens is 396 g/mol. The average Bonchev–Trinajstić information content (AvgIpc) is 2.76. The Morgan fingerprint density at radius 1 is 0.903 bits per heavy atom. The number of nitrogens with one attached hydrogen (secondary N) is 2. The van der Waals surface area contributed by atoms with Gasteiger partial charge in [-0.1, -0.05) is 42.5 Å². The molecule has 0 spiro atoms. The van der Waals surface area contributed by atoms with Crippen LogP contribution in [-0.2, 0) is 22.7 Å². The molecule has 0 aliphatic rings. The van der Waals surface area contributed by atoms with Crippen LogP contribution in [0.2, 0.25) is 0 Å². The zero-order valence-electron chi connectivity index (χ0n) is 17.4. The number of hydrogen-bond donors (Lipinski definition) is 2. The number of rotatable bonds is 7. The maximum atomic E-state index is 12.6. The predicted molar refractivity (Wildman–Crippen MR) is 118 cm³/mol. The topological polar surface area (TPSA) is 102 Å². The van der Waals surface area contributed by atoms with Crippen LogP contribution in [0, 0.1) is 13.8 Å². The SMILES string of the molecule is Cc1cccc(NC(=O)CNC(=O)Cn2c(=O)ccn(Cc3ccccc3)c2=O)c1C. The molecule has 8 heteroatoms. The Labute approximate surface area is 179 Å². The van der Waals surface area contributed by atoms with Crippen molar-refractivity contribution in [1.29, 1.82) is 0 Å². The molecule has 0 fully saturated rings. The second-order valence-electron chi connectivity index (χ2n) is 7.21. The summed E-state index contributed by atoms with van der Waals surface area (Å²) in [7, 11) is 0. The smallest absolute Gasteiger partial charge is 0.331 e. The van der Waals surface area contributed by atoms with E-state index in [0.717, 1.165) is 21.3 Å². The van der Waals surface area contributed by atoms with E-state index in [9.17, 15) is 19.2 Å². The molecule has 0 saturated carbocycles. The average molecular weight is 420 g/mol. The predicted octanol–water partition coefficient (Wildman–Crippen LogP) is 1.43. The van der Waals surface area contributed by atoms with E-state index in [1.54, 1.807) is 6.07 Å². The van der Waals surface area contributed by atoms with Crippen LogP contribution < -0.4 is 21.9 Å². The largest absolute Gasteiger partial charge is 0.345 e. The van der Waals surface area contributed by atoms with Crippen molar-refractivity contribution in [3.05, 3.63) is 98.3 Å². The van der Waals surface area contributed by atoms with E-state index < -0.39 is 29.6 Å². The molecule has 0 aliphatic carbocycles. The lowest BCUT2D eigenvalue weighted by molar-refractivity contribution is -0.124. The molecule has 0 saturated heterocycles. The van der Waals surface area contributed by atoms with Crippen LogP contribution in [0.3, 0.4) is 0 Å². The van der Waals surface area contributed by atoms with Gasteiger partial charge >= 0.3 is 5.69 Å². The van der Waals surface area contributed by atoms with Crippen LogP contribution in [0.15, 0.2) is 70.4 Å². The number of carbonyl (C=O) groups is 2. The van der Waals surface area contributed by atoms with Gasteiger partial charge in [-0.3, -0.25) is 23.5 Å². The second-order valence-corrected chi connectivity index (χ2v) is 7.21. The number of benzene rings is 2. The molecular formula is C23H24N4O4. The normalized spacial score (nSPS) is 10.5. The van der Waals surface area contributed by atoms with Gasteiger partial charge < -0.3 is 10.6 Å². The van der Waals surface area contributed by atoms with Crippen molar-refractivity contribution in [1.82, 2.24) is 14.5 Å². The summed E-state index contributed by atoms with van der Waals surface area (Å²) in [6.07, 6.45) is 1.41. The van der Waals surface area contributed by atoms with Crippen molar-refractivity contribution in [3.63, 3.8) is 0 Å². The lowest BCUT2D eigenvalue weighted by Gasteiger charge is -2.12. The first-order chi connectivity index (χ1) is 14.8. The van der Waals surface area contributed by atoms with Gasteiger partial charge in [0.15, 0.2) is 0 Å². The lowest BCUT2D eigenvalue weighted by Crippen LogP contribution is -2.44. The van der Waals surface area contributed by atoms with E-state index in [4.69, 9.17) is 0 Å². The van der Waals surface area contributed by atoms with Crippen molar-refractivity contribution in [2.75, 3.05) is 11.9 Å². The third-order valence-electron chi connectivity index (χ3n) is 4.96. The highest BCUT2D eigenvalue weighted by molar-refractivity contribution is 5.95. The molecule has 8 nitrogen and oxygen atoms in total. The van der Waals surface area contributed by atoms with Gasteiger partial charge in [0.1, 0.15) is 6.54 Å². The van der Waals surface area contributed by atoms with Gasteiger partial charge in [-0.25, -0.2) is 4.79 Å². The van der Waals surface area contributed by atoms with Crippen molar-refractivity contribution in [3.8, 4) is 0 Å². The monoisotopic (exact) mass is 420 g/mol. The summed E-state index contributed by atoms with van der Waals surface area (Å²) < 4.78 is 2.21. The lowest BCUT2D eigenvalue weighted by atomic mass is 10.1. The number of aromatic nitrogens is 2. The van der Waals surface area contributed by atoms with Gasteiger partial charge in [-0.05, 0) is 36.6 Å². The summed E-state index contributed by atoms with van der Waals surface area (Å²) >= 11 is 0. The van der Waals surface area contributed by atoms with E-state index in [1.807, 2.05) is 56.3 Å². The number of anilines is 1. The van der Waals surface area contributed by atoms with Gasteiger partial charge in [-0.2, -0.15) is 0 Å². The molecule has 0 atom stereocenters. The fourth-order valence-electron chi connectivity index (χ4n) is 3.06. The molecule has 0 unspecified atom stereocenters. The molecule has 1 aromatic heterocycles. The molecule has 3 aromatic rings. The van der Waals surface area contributed by atoms with Crippen molar-refractivity contribution in [2.24, 2.45) is 0 Å². The zero-order chi connectivity index (χ0) is 22.4. The highest BCUT2D eigenvalue weighted by atomic mass is 16.2. The van der Waals surface area contributed by atoms with Crippen molar-refractivity contribution in [2.45, 2.75) is 26.9 Å². The molecule has 1 heterocycles. The van der Waals surface area contributed by atoms with Crippen LogP contribution in [-0.4, -0.2) is 27.5 Å². The third-order valence-corrected chi connectivity index (χ3v) is 4.96. The number of amides is 2. The van der Waals surface area contributed by atoms with Crippen molar-refractivity contribution < 1.29 is 9.59 Å². The maximum Gasteiger partial charge on any atom is 0.331 e. The summed E-state index contributed by atoms with van der Waals surface area (Å²) in [5, 5.41) is 5.19. The summed E-state index contributed by atoms with van der Waals surface area (Å²) in [5.41, 5.74) is 2.37. The quantitative estimate of drug-likeness (QED) is 0.604. The second kappa shape index (κ2) is 9.71. The number of aryl methyl sites for hydroxylation is 1. The third kappa shape index (κ3) is 5.57. The highest BCUT2D eigenvalue weighted by Crippen LogP contribution is 2.17. The minimum absolute atomic E-state index is 0.272. The summed E-state index contributed by atoms with van der Waals surface area (Å²) in [5.74, 6) is -1.00. The van der Waals surface area contributed by atoms with Gasteiger partial charge in [0, 0.05) is 18.0 Å². The first kappa shape index (κ1) is 21.8. The molecule has 31 heavy (non-hydrogen) atoms. The first-order valence-corrected chi connectivity index (χ1v) is 9.82. The van der Waals surface area contributed by atoms with Gasteiger partial charge in [0.2, 0.25) is 11.8 Å². The molecule has 2 aromatic carbocycles. The van der Waals surface area contributed by atoms with Crippen molar-refractivity contribution >= 4 is 17.5 Å². The fraction of sp³-hybridized carbons (Fsp3) is 0.217. The zero-order valence-corrected chi connectivity index (χ0v) is 17.4. The van der Waals surface area contributed by atoms with Gasteiger partial charge in [0.25, 0.3) is 5.56 Å². The van der Waals surface area contributed by atoms with Crippen LogP contribution in [0.5, 0.6) is 0 Å². The molecule has 0 radical (unpaired) electrons. The summed E-state index contributed by atoms with van der Waals surface area (Å²) in [4.78, 5) is 49.2. The Bertz CT molecular complexity index is 1210. The standard InChI is InChI=1S/C23H24N4O4/c1-16-7-6-10-19(17(16)2)25-20(28)13-24-21(29)15-27-22(30)11-12-26(23(27)31)14-18-8-4-3-5-9-18/h3-12H,13-15H2,1-2H3,(H,24,29)(H,25,28). The maximum absolute atomic E-state index is 12.6. The van der Waals surface area contributed by atoms with Crippen LogP contribution in [0.4, 0.5) is 5.69 Å². The van der Waals surface area contributed by atoms with E-state index in [-0.39, 0.29) is 13.1 Å². The Kier molecular flexibility index (Phi) is 6.81. The first-order valence-electron chi connectivity index (χ1n) is 9.82. The van der Waals surface area contributed by atoms with Gasteiger partial charge in [-0.15, -0.1) is 0 Å².